The van der Waals surface area contributed by atoms with Crippen LogP contribution in [0.5, 0.6) is 0 Å². The van der Waals surface area contributed by atoms with Gasteiger partial charge in [-0.2, -0.15) is 0 Å². The fraction of sp³-hybridized carbons (Fsp3) is 0.400. The number of hydrogen-bond acceptors (Lipinski definition) is 4. The summed E-state index contributed by atoms with van der Waals surface area (Å²) < 4.78 is 0. The lowest BCUT2D eigenvalue weighted by Gasteiger charge is -2.51. The number of piperazine rings is 2. The quantitative estimate of drug-likeness (QED) is 0.197. The molecule has 4 aromatic carbocycles. The lowest BCUT2D eigenvalue weighted by atomic mass is 9.93. The second kappa shape index (κ2) is 14.2. The molecule has 0 unspecified atom stereocenters. The van der Waals surface area contributed by atoms with Crippen molar-refractivity contribution < 1.29 is 0 Å². The summed E-state index contributed by atoms with van der Waals surface area (Å²) in [5, 5.41) is 0. The van der Waals surface area contributed by atoms with Gasteiger partial charge in [0.2, 0.25) is 0 Å². The zero-order valence-corrected chi connectivity index (χ0v) is 27.0. The van der Waals surface area contributed by atoms with Gasteiger partial charge in [0.25, 0.3) is 0 Å². The lowest BCUT2D eigenvalue weighted by Crippen LogP contribution is -2.56. The molecule has 0 amide bonds. The van der Waals surface area contributed by atoms with Crippen LogP contribution in [0.15, 0.2) is 121 Å². The van der Waals surface area contributed by atoms with Gasteiger partial charge in [-0.1, -0.05) is 121 Å². The van der Waals surface area contributed by atoms with Crippen LogP contribution in [0, 0.1) is 0 Å². The first-order valence-electron chi connectivity index (χ1n) is 16.7. The summed E-state index contributed by atoms with van der Waals surface area (Å²) in [4.78, 5) is 11.0. The van der Waals surface area contributed by atoms with Crippen LogP contribution < -0.4 is 0 Å². The van der Waals surface area contributed by atoms with Crippen molar-refractivity contribution in [2.75, 3.05) is 39.3 Å². The average molecular weight is 587 g/mol. The van der Waals surface area contributed by atoms with Gasteiger partial charge >= 0.3 is 0 Å². The molecule has 0 saturated carbocycles. The number of benzene rings is 4. The van der Waals surface area contributed by atoms with Crippen molar-refractivity contribution in [2.45, 2.75) is 63.9 Å². The molecule has 4 nitrogen and oxygen atoms in total. The molecule has 0 N–H and O–H groups in total. The molecule has 2 aliphatic heterocycles. The molecule has 2 aliphatic rings. The minimum atomic E-state index is 0.371. The Labute approximate surface area is 265 Å². The van der Waals surface area contributed by atoms with E-state index in [1.807, 2.05) is 0 Å². The van der Waals surface area contributed by atoms with Crippen molar-refractivity contribution in [3.05, 3.63) is 144 Å². The molecule has 4 aromatic rings. The topological polar surface area (TPSA) is 13.0 Å². The normalized spacial score (nSPS) is 24.2. The van der Waals surface area contributed by atoms with Crippen molar-refractivity contribution in [3.63, 3.8) is 0 Å². The summed E-state index contributed by atoms with van der Waals surface area (Å²) in [7, 11) is 0. The highest BCUT2D eigenvalue weighted by Gasteiger charge is 2.39. The summed E-state index contributed by atoms with van der Waals surface area (Å²) in [6.45, 7) is 15.7. The van der Waals surface area contributed by atoms with Crippen LogP contribution in [0.1, 0.15) is 74.1 Å². The molecule has 2 saturated heterocycles. The molecule has 44 heavy (non-hydrogen) atoms. The Hall–Kier alpha value is -3.28. The Bertz CT molecular complexity index is 1300. The van der Waals surface area contributed by atoms with Crippen LogP contribution in [-0.2, 0) is 0 Å². The van der Waals surface area contributed by atoms with Gasteiger partial charge in [0.05, 0.1) is 0 Å². The Morgan fingerprint density at radius 3 is 0.955 bits per heavy atom. The van der Waals surface area contributed by atoms with Gasteiger partial charge in [0, 0.05) is 75.5 Å². The van der Waals surface area contributed by atoms with Gasteiger partial charge in [0.1, 0.15) is 0 Å². The second-order valence-corrected chi connectivity index (χ2v) is 13.3. The van der Waals surface area contributed by atoms with Crippen LogP contribution in [0.2, 0.25) is 0 Å². The van der Waals surface area contributed by atoms with E-state index in [1.165, 1.54) is 22.3 Å². The van der Waals surface area contributed by atoms with Crippen molar-refractivity contribution in [1.82, 2.24) is 19.6 Å². The maximum Gasteiger partial charge on any atom is 0.0478 e. The molecule has 0 aromatic heterocycles. The first-order chi connectivity index (χ1) is 21.5. The lowest BCUT2D eigenvalue weighted by molar-refractivity contribution is -0.0206. The van der Waals surface area contributed by atoms with Gasteiger partial charge in [-0.05, 0) is 49.9 Å². The Kier molecular flexibility index (Phi) is 9.93. The second-order valence-electron chi connectivity index (χ2n) is 13.3. The van der Waals surface area contributed by atoms with E-state index < -0.39 is 0 Å². The summed E-state index contributed by atoms with van der Waals surface area (Å²) in [6.07, 6.45) is 0. The van der Waals surface area contributed by atoms with E-state index in [0.717, 1.165) is 39.3 Å². The summed E-state index contributed by atoms with van der Waals surface area (Å²) in [5.41, 5.74) is 5.70. The van der Waals surface area contributed by atoms with Crippen LogP contribution in [-0.4, -0.2) is 71.0 Å². The Balaban J connectivity index is 1.31. The van der Waals surface area contributed by atoms with Crippen molar-refractivity contribution in [1.29, 1.82) is 0 Å². The Morgan fingerprint density at radius 2 is 0.682 bits per heavy atom. The number of hydrogen-bond donors (Lipinski definition) is 0. The van der Waals surface area contributed by atoms with E-state index in [-0.39, 0.29) is 0 Å². The summed E-state index contributed by atoms with van der Waals surface area (Å²) in [6, 6.07) is 47.3. The Morgan fingerprint density at radius 1 is 0.409 bits per heavy atom. The maximum absolute atomic E-state index is 2.79. The molecule has 4 atom stereocenters. The molecule has 0 aliphatic carbocycles. The predicted molar refractivity (Wildman–Crippen MR) is 184 cm³/mol. The van der Waals surface area contributed by atoms with Crippen LogP contribution >= 0.6 is 0 Å². The molecule has 4 heteroatoms. The van der Waals surface area contributed by atoms with Gasteiger partial charge in [0.15, 0.2) is 0 Å². The molecule has 2 heterocycles. The molecule has 6 rings (SSSR count). The minimum Gasteiger partial charge on any atom is -0.292 e. The minimum absolute atomic E-state index is 0.371. The van der Waals surface area contributed by atoms with Crippen LogP contribution in [0.25, 0.3) is 0 Å². The van der Waals surface area contributed by atoms with Crippen molar-refractivity contribution >= 4 is 0 Å². The first kappa shape index (κ1) is 30.7. The fourth-order valence-electron chi connectivity index (χ4n) is 7.61. The largest absolute Gasteiger partial charge is 0.292 e. The standard InChI is InChI=1S/C40H50N4/c1-31(2)43-29-37(33-17-9-5-10-18-33)41(27-39(43)35-21-13-7-14-22-35)25-26-42-28-40(36-23-15-8-16-24-36)44(32(3)4)30-38(42)34-19-11-6-12-20-34/h5-24,31-32,37-40H,25-30H2,1-4H3/t37-,38-,39-,40-/m0/s1. The molecule has 0 bridgehead atoms. The zero-order chi connectivity index (χ0) is 30.5. The van der Waals surface area contributed by atoms with Crippen molar-refractivity contribution in [2.24, 2.45) is 0 Å². The van der Waals surface area contributed by atoms with Gasteiger partial charge in [-0.15, -0.1) is 0 Å². The molecule has 2 fully saturated rings. The van der Waals surface area contributed by atoms with Crippen LogP contribution in [0.4, 0.5) is 0 Å². The van der Waals surface area contributed by atoms with Gasteiger partial charge < -0.3 is 0 Å². The molecule has 0 radical (unpaired) electrons. The third kappa shape index (κ3) is 6.84. The van der Waals surface area contributed by atoms with E-state index >= 15 is 0 Å². The van der Waals surface area contributed by atoms with Gasteiger partial charge in [-0.25, -0.2) is 0 Å². The third-order valence-electron chi connectivity index (χ3n) is 10.0. The molecular formula is C40H50N4. The third-order valence-corrected chi connectivity index (χ3v) is 10.0. The number of rotatable bonds is 9. The molecular weight excluding hydrogens is 536 g/mol. The predicted octanol–water partition coefficient (Wildman–Crippen LogP) is 8.00. The highest BCUT2D eigenvalue weighted by Crippen LogP contribution is 2.38. The maximum atomic E-state index is 2.79. The molecule has 0 spiro atoms. The first-order valence-corrected chi connectivity index (χ1v) is 16.7. The van der Waals surface area contributed by atoms with Crippen molar-refractivity contribution in [3.8, 4) is 0 Å². The number of nitrogens with zero attached hydrogens (tertiary/aromatic N) is 4. The van der Waals surface area contributed by atoms with E-state index in [4.69, 9.17) is 0 Å². The smallest absolute Gasteiger partial charge is 0.0478 e. The van der Waals surface area contributed by atoms with E-state index in [9.17, 15) is 0 Å². The average Bonchev–Trinajstić information content (AvgIpc) is 3.08. The van der Waals surface area contributed by atoms with E-state index in [2.05, 4.69) is 169 Å². The van der Waals surface area contributed by atoms with E-state index in [0.29, 0.717) is 36.3 Å². The highest BCUT2D eigenvalue weighted by molar-refractivity contribution is 5.26. The monoisotopic (exact) mass is 586 g/mol. The zero-order valence-electron chi connectivity index (χ0n) is 27.0. The van der Waals surface area contributed by atoms with Gasteiger partial charge in [-0.3, -0.25) is 19.6 Å². The summed E-state index contributed by atoms with van der Waals surface area (Å²) in [5.74, 6) is 0. The highest BCUT2D eigenvalue weighted by atomic mass is 15.4. The fourth-order valence-corrected chi connectivity index (χ4v) is 7.61. The molecule has 230 valence electrons. The SMILES string of the molecule is CC(C)N1C[C@@H](c2ccccc2)N(CCN2C[C@@H](c3ccccc3)N(C(C)C)C[C@H]2c2ccccc2)C[C@H]1c1ccccc1. The van der Waals surface area contributed by atoms with Crippen LogP contribution in [0.3, 0.4) is 0 Å². The summed E-state index contributed by atoms with van der Waals surface area (Å²) >= 11 is 0. The van der Waals surface area contributed by atoms with E-state index in [1.54, 1.807) is 0 Å².